The van der Waals surface area contributed by atoms with Crippen molar-refractivity contribution in [2.75, 3.05) is 13.1 Å². The molecular weight excluding hydrogens is 258 g/mol. The molecule has 1 saturated heterocycles. The van der Waals surface area contributed by atoms with Crippen molar-refractivity contribution in [3.63, 3.8) is 0 Å². The minimum atomic E-state index is -0.285. The monoisotopic (exact) mass is 273 g/mol. The predicted molar refractivity (Wildman–Crippen MR) is 71.3 cm³/mol. The fourth-order valence-corrected chi connectivity index (χ4v) is 2.48. The van der Waals surface area contributed by atoms with Gasteiger partial charge in [-0.2, -0.15) is 5.10 Å². The van der Waals surface area contributed by atoms with Crippen LogP contribution < -0.4 is 5.69 Å². The highest BCUT2D eigenvalue weighted by atomic mass is 16.2. The zero-order chi connectivity index (χ0) is 13.9. The number of rotatable bonds is 2. The molecular formula is C13H15N5O2. The van der Waals surface area contributed by atoms with E-state index in [2.05, 4.69) is 20.2 Å². The standard InChI is InChI=1S/C13H15N5O2/c19-12(10-3-1-2-6-14-10)18-7-4-9(5-8-18)11-15-13(20)17-16-11/h1-3,6,9H,4-5,7-8H2,(H2,15,16,17,20). The van der Waals surface area contributed by atoms with E-state index in [-0.39, 0.29) is 17.5 Å². The van der Waals surface area contributed by atoms with Crippen molar-refractivity contribution in [2.45, 2.75) is 18.8 Å². The van der Waals surface area contributed by atoms with E-state index in [1.165, 1.54) is 0 Å². The zero-order valence-corrected chi connectivity index (χ0v) is 10.9. The van der Waals surface area contributed by atoms with Crippen molar-refractivity contribution in [3.8, 4) is 0 Å². The first-order valence-corrected chi connectivity index (χ1v) is 6.59. The van der Waals surface area contributed by atoms with Crippen LogP contribution in [-0.2, 0) is 0 Å². The van der Waals surface area contributed by atoms with Crippen LogP contribution in [-0.4, -0.2) is 44.1 Å². The van der Waals surface area contributed by atoms with Crippen LogP contribution in [0, 0.1) is 0 Å². The molecule has 2 aromatic rings. The molecule has 2 aromatic heterocycles. The maximum atomic E-state index is 12.2. The van der Waals surface area contributed by atoms with E-state index in [0.717, 1.165) is 12.8 Å². The molecule has 0 spiro atoms. The van der Waals surface area contributed by atoms with Crippen LogP contribution >= 0.6 is 0 Å². The Morgan fingerprint density at radius 1 is 1.30 bits per heavy atom. The second-order valence-corrected chi connectivity index (χ2v) is 4.84. The molecule has 1 fully saturated rings. The molecule has 0 aromatic carbocycles. The van der Waals surface area contributed by atoms with Crippen molar-refractivity contribution in [1.82, 2.24) is 25.1 Å². The molecule has 1 aliphatic heterocycles. The number of H-pyrrole nitrogens is 2. The van der Waals surface area contributed by atoms with Gasteiger partial charge < -0.3 is 4.90 Å². The number of nitrogens with one attached hydrogen (secondary N) is 2. The van der Waals surface area contributed by atoms with Crippen LogP contribution in [0.25, 0.3) is 0 Å². The molecule has 3 rings (SSSR count). The van der Waals surface area contributed by atoms with Gasteiger partial charge in [0.2, 0.25) is 0 Å². The molecule has 0 aliphatic carbocycles. The summed E-state index contributed by atoms with van der Waals surface area (Å²) in [6.07, 6.45) is 3.20. The second-order valence-electron chi connectivity index (χ2n) is 4.84. The summed E-state index contributed by atoms with van der Waals surface area (Å²) in [4.78, 5) is 31.8. The first kappa shape index (κ1) is 12.6. The third kappa shape index (κ3) is 2.47. The second kappa shape index (κ2) is 5.28. The number of carbonyl (C=O) groups is 1. The van der Waals surface area contributed by atoms with Gasteiger partial charge in [-0.05, 0) is 25.0 Å². The normalized spacial score (nSPS) is 16.3. The Hall–Kier alpha value is -2.44. The van der Waals surface area contributed by atoms with Gasteiger partial charge in [0, 0.05) is 25.2 Å². The molecule has 3 heterocycles. The minimum Gasteiger partial charge on any atom is -0.337 e. The number of amides is 1. The third-order valence-corrected chi connectivity index (χ3v) is 3.57. The Kier molecular flexibility index (Phi) is 3.32. The lowest BCUT2D eigenvalue weighted by atomic mass is 9.96. The molecule has 0 unspecified atom stereocenters. The molecule has 0 saturated carbocycles. The molecule has 0 atom stereocenters. The lowest BCUT2D eigenvalue weighted by molar-refractivity contribution is 0.0705. The van der Waals surface area contributed by atoms with Gasteiger partial charge in [0.25, 0.3) is 5.91 Å². The van der Waals surface area contributed by atoms with Gasteiger partial charge in [0.15, 0.2) is 0 Å². The summed E-state index contributed by atoms with van der Waals surface area (Å²) in [7, 11) is 0. The minimum absolute atomic E-state index is 0.0421. The van der Waals surface area contributed by atoms with Crippen LogP contribution in [0.1, 0.15) is 35.1 Å². The number of hydrogen-bond acceptors (Lipinski definition) is 4. The summed E-state index contributed by atoms with van der Waals surface area (Å²) in [5, 5.41) is 6.33. The Labute approximate surface area is 115 Å². The fraction of sp³-hybridized carbons (Fsp3) is 0.385. The van der Waals surface area contributed by atoms with Crippen molar-refractivity contribution in [2.24, 2.45) is 0 Å². The predicted octanol–water partition coefficient (Wildman–Crippen LogP) is 0.513. The number of aromatic amines is 2. The summed E-state index contributed by atoms with van der Waals surface area (Å²) < 4.78 is 0. The van der Waals surface area contributed by atoms with Gasteiger partial charge in [-0.1, -0.05) is 6.07 Å². The van der Waals surface area contributed by atoms with Crippen molar-refractivity contribution in [1.29, 1.82) is 0 Å². The zero-order valence-electron chi connectivity index (χ0n) is 10.9. The number of carbonyl (C=O) groups excluding carboxylic acids is 1. The Morgan fingerprint density at radius 3 is 2.70 bits per heavy atom. The van der Waals surface area contributed by atoms with E-state index in [1.54, 1.807) is 29.3 Å². The van der Waals surface area contributed by atoms with Gasteiger partial charge in [0.05, 0.1) is 0 Å². The first-order valence-electron chi connectivity index (χ1n) is 6.59. The van der Waals surface area contributed by atoms with Crippen LogP contribution in [0.5, 0.6) is 0 Å². The number of piperidine rings is 1. The summed E-state index contributed by atoms with van der Waals surface area (Å²) in [6.45, 7) is 1.30. The van der Waals surface area contributed by atoms with Crippen LogP contribution in [0.2, 0.25) is 0 Å². The first-order chi connectivity index (χ1) is 9.74. The molecule has 20 heavy (non-hydrogen) atoms. The average Bonchev–Trinajstić information content (AvgIpc) is 2.94. The Balaban J connectivity index is 1.64. The quantitative estimate of drug-likeness (QED) is 0.833. The Bertz CT molecular complexity index is 640. The maximum Gasteiger partial charge on any atom is 0.340 e. The van der Waals surface area contributed by atoms with Crippen LogP contribution in [0.15, 0.2) is 29.2 Å². The summed E-state index contributed by atoms with van der Waals surface area (Å²) in [6, 6.07) is 5.32. The molecule has 0 bridgehead atoms. The molecule has 0 radical (unpaired) electrons. The van der Waals surface area contributed by atoms with Crippen molar-refractivity contribution >= 4 is 5.91 Å². The third-order valence-electron chi connectivity index (χ3n) is 3.57. The van der Waals surface area contributed by atoms with Gasteiger partial charge >= 0.3 is 5.69 Å². The Morgan fingerprint density at radius 2 is 2.10 bits per heavy atom. The van der Waals surface area contributed by atoms with Gasteiger partial charge in [-0.3, -0.25) is 14.8 Å². The molecule has 7 nitrogen and oxygen atoms in total. The number of hydrogen-bond donors (Lipinski definition) is 2. The average molecular weight is 273 g/mol. The highest BCUT2D eigenvalue weighted by Crippen LogP contribution is 2.25. The smallest absolute Gasteiger partial charge is 0.337 e. The van der Waals surface area contributed by atoms with Gasteiger partial charge in [-0.25, -0.2) is 9.89 Å². The number of nitrogens with zero attached hydrogens (tertiary/aromatic N) is 3. The van der Waals surface area contributed by atoms with E-state index in [1.807, 2.05) is 0 Å². The highest BCUT2D eigenvalue weighted by molar-refractivity contribution is 5.92. The van der Waals surface area contributed by atoms with E-state index >= 15 is 0 Å². The number of aromatic nitrogens is 4. The van der Waals surface area contributed by atoms with Crippen LogP contribution in [0.3, 0.4) is 0 Å². The summed E-state index contributed by atoms with van der Waals surface area (Å²) in [5.74, 6) is 0.834. The topological polar surface area (TPSA) is 94.7 Å². The molecule has 2 N–H and O–H groups in total. The van der Waals surface area contributed by atoms with E-state index in [0.29, 0.717) is 24.6 Å². The fourth-order valence-electron chi connectivity index (χ4n) is 2.48. The van der Waals surface area contributed by atoms with Crippen molar-refractivity contribution in [3.05, 3.63) is 46.4 Å². The summed E-state index contributed by atoms with van der Waals surface area (Å²) >= 11 is 0. The van der Waals surface area contributed by atoms with Crippen LogP contribution in [0.4, 0.5) is 0 Å². The van der Waals surface area contributed by atoms with E-state index in [4.69, 9.17) is 0 Å². The highest BCUT2D eigenvalue weighted by Gasteiger charge is 2.26. The van der Waals surface area contributed by atoms with Crippen molar-refractivity contribution < 1.29 is 4.79 Å². The molecule has 1 aliphatic rings. The molecule has 104 valence electrons. The maximum absolute atomic E-state index is 12.2. The molecule has 7 heteroatoms. The van der Waals surface area contributed by atoms with E-state index in [9.17, 15) is 9.59 Å². The van der Waals surface area contributed by atoms with Gasteiger partial charge in [-0.15, -0.1) is 0 Å². The SMILES string of the molecule is O=C(c1ccccn1)N1CCC(c2n[nH]c(=O)[nH]2)CC1. The molecule has 1 amide bonds. The van der Waals surface area contributed by atoms with Gasteiger partial charge in [0.1, 0.15) is 11.5 Å². The number of pyridine rings is 1. The number of likely N-dealkylation sites (tertiary alicyclic amines) is 1. The van der Waals surface area contributed by atoms with E-state index < -0.39 is 0 Å². The lowest BCUT2D eigenvalue weighted by Crippen LogP contribution is -2.38. The largest absolute Gasteiger partial charge is 0.340 e. The summed E-state index contributed by atoms with van der Waals surface area (Å²) in [5.41, 5.74) is 0.186. The lowest BCUT2D eigenvalue weighted by Gasteiger charge is -2.30.